The minimum Gasteiger partial charge on any atom is -0.313 e. The standard InChI is InChI=1S/C33H31N2Si2/c1-36-24-16-12-22(13-17-24)34-30-11-7-5-9-28(30)32-31(34)21-20-27-26-8-4-6-10-29(26)35(33(27)32)23-14-18-25(19-15-23)37(2)3/h5,7,9,11-21H,4,6,8,10H2,1-3H3. The second-order valence-electron chi connectivity index (χ2n) is 10.5. The number of aromatic nitrogens is 2. The van der Waals surface area contributed by atoms with Crippen molar-refractivity contribution in [1.82, 2.24) is 9.13 Å². The average Bonchev–Trinajstić information content (AvgIpc) is 3.46. The molecule has 0 saturated carbocycles. The predicted octanol–water partition coefficient (Wildman–Crippen LogP) is 6.95. The van der Waals surface area contributed by atoms with E-state index in [0.29, 0.717) is 0 Å². The molecule has 0 bridgehead atoms. The Kier molecular flexibility index (Phi) is 5.49. The van der Waals surface area contributed by atoms with Crippen LogP contribution >= 0.6 is 0 Å². The van der Waals surface area contributed by atoms with Gasteiger partial charge in [-0.1, -0.05) is 78.5 Å². The Hall–Kier alpha value is -3.35. The number of fused-ring (bicyclic) bond motifs is 7. The van der Waals surface area contributed by atoms with Crippen LogP contribution in [0.4, 0.5) is 0 Å². The smallest absolute Gasteiger partial charge is 0.0791 e. The molecule has 0 N–H and O–H groups in total. The number of rotatable bonds is 4. The summed E-state index contributed by atoms with van der Waals surface area (Å²) in [5.74, 6) is 0. The molecule has 6 aromatic rings. The first-order chi connectivity index (χ1) is 18.2. The highest BCUT2D eigenvalue weighted by atomic mass is 28.3. The Bertz CT molecular complexity index is 1770. The first-order valence-electron chi connectivity index (χ1n) is 13.4. The molecule has 0 atom stereocenters. The van der Waals surface area contributed by atoms with E-state index < -0.39 is 8.80 Å². The minimum atomic E-state index is -0.463. The van der Waals surface area contributed by atoms with Crippen LogP contribution in [0, 0.1) is 0 Å². The fraction of sp³-hybridized carbons (Fsp3) is 0.212. The topological polar surface area (TPSA) is 9.86 Å². The van der Waals surface area contributed by atoms with E-state index in [2.05, 4.69) is 114 Å². The van der Waals surface area contributed by atoms with Crippen LogP contribution in [0.2, 0.25) is 19.6 Å². The summed E-state index contributed by atoms with van der Waals surface area (Å²) in [6, 6.07) is 32.4. The van der Waals surface area contributed by atoms with Gasteiger partial charge in [0.2, 0.25) is 0 Å². The van der Waals surface area contributed by atoms with Crippen LogP contribution in [-0.4, -0.2) is 27.5 Å². The molecule has 0 fully saturated rings. The lowest BCUT2D eigenvalue weighted by molar-refractivity contribution is 0.667. The third-order valence-corrected chi connectivity index (χ3v) is 10.6. The number of para-hydroxylation sites is 1. The molecule has 0 unspecified atom stereocenters. The van der Waals surface area contributed by atoms with Gasteiger partial charge in [-0.25, -0.2) is 0 Å². The van der Waals surface area contributed by atoms with Crippen molar-refractivity contribution < 1.29 is 0 Å². The van der Waals surface area contributed by atoms with Gasteiger partial charge >= 0.3 is 0 Å². The number of hydrogen-bond acceptors (Lipinski definition) is 0. The number of hydrogen-bond donors (Lipinski definition) is 0. The lowest BCUT2D eigenvalue weighted by atomic mass is 9.95. The summed E-state index contributed by atoms with van der Waals surface area (Å²) in [6.07, 6.45) is 4.89. The molecule has 2 heterocycles. The van der Waals surface area contributed by atoms with Crippen molar-refractivity contribution >= 4 is 61.4 Å². The summed E-state index contributed by atoms with van der Waals surface area (Å²) in [7, 11) is 0.354. The van der Waals surface area contributed by atoms with Gasteiger partial charge in [0, 0.05) is 33.2 Å². The molecule has 4 aromatic carbocycles. The van der Waals surface area contributed by atoms with Gasteiger partial charge in [-0.3, -0.25) is 0 Å². The average molecular weight is 512 g/mol. The van der Waals surface area contributed by atoms with Crippen LogP contribution in [0.5, 0.6) is 0 Å². The Morgan fingerprint density at radius 3 is 2.14 bits per heavy atom. The van der Waals surface area contributed by atoms with E-state index in [-0.39, 0.29) is 0 Å². The SMILES string of the molecule is C[Si]c1ccc(-n2c3ccccc3c3c4c(ccc32)c2c(n4-c3ccc([Si](C)C)cc3)CCCC2)cc1. The summed E-state index contributed by atoms with van der Waals surface area (Å²) < 4.78 is 5.08. The van der Waals surface area contributed by atoms with Gasteiger partial charge in [0.25, 0.3) is 0 Å². The van der Waals surface area contributed by atoms with Crippen molar-refractivity contribution in [2.45, 2.75) is 45.3 Å². The minimum absolute atomic E-state index is 0.463. The fourth-order valence-corrected chi connectivity index (χ4v) is 7.70. The Morgan fingerprint density at radius 2 is 1.38 bits per heavy atom. The number of aryl methyl sites for hydroxylation is 1. The van der Waals surface area contributed by atoms with Crippen LogP contribution in [0.15, 0.2) is 84.9 Å². The molecule has 4 heteroatoms. The fourth-order valence-electron chi connectivity index (χ4n) is 6.36. The summed E-state index contributed by atoms with van der Waals surface area (Å²) >= 11 is 0. The molecule has 7 rings (SSSR count). The van der Waals surface area contributed by atoms with Gasteiger partial charge in [0.15, 0.2) is 0 Å². The second-order valence-corrected chi connectivity index (χ2v) is 14.2. The summed E-state index contributed by atoms with van der Waals surface area (Å²) in [5.41, 5.74) is 9.58. The quantitative estimate of drug-likeness (QED) is 0.227. The predicted molar refractivity (Wildman–Crippen MR) is 163 cm³/mol. The van der Waals surface area contributed by atoms with Gasteiger partial charge in [-0.05, 0) is 67.6 Å². The molecule has 1 aliphatic rings. The van der Waals surface area contributed by atoms with E-state index in [1.807, 2.05) is 0 Å². The van der Waals surface area contributed by atoms with Crippen molar-refractivity contribution in [2.75, 3.05) is 0 Å². The van der Waals surface area contributed by atoms with E-state index >= 15 is 0 Å². The van der Waals surface area contributed by atoms with Crippen molar-refractivity contribution in [1.29, 1.82) is 0 Å². The number of nitrogens with zero attached hydrogens (tertiary/aromatic N) is 2. The van der Waals surface area contributed by atoms with Crippen LogP contribution in [0.1, 0.15) is 24.1 Å². The maximum absolute atomic E-state index is 2.62. The van der Waals surface area contributed by atoms with Crippen molar-refractivity contribution in [3.8, 4) is 11.4 Å². The van der Waals surface area contributed by atoms with E-state index in [9.17, 15) is 0 Å². The lowest BCUT2D eigenvalue weighted by Gasteiger charge is -2.17. The van der Waals surface area contributed by atoms with Crippen molar-refractivity contribution in [3.63, 3.8) is 0 Å². The van der Waals surface area contributed by atoms with Crippen LogP contribution in [-0.2, 0) is 12.8 Å². The number of benzene rings is 4. The third kappa shape index (κ3) is 3.50. The zero-order chi connectivity index (χ0) is 25.1. The van der Waals surface area contributed by atoms with E-state index in [1.165, 1.54) is 79.4 Å². The van der Waals surface area contributed by atoms with Crippen LogP contribution < -0.4 is 10.4 Å². The maximum Gasteiger partial charge on any atom is 0.0791 e. The monoisotopic (exact) mass is 511 g/mol. The molecule has 2 nitrogen and oxygen atoms in total. The molecule has 37 heavy (non-hydrogen) atoms. The first kappa shape index (κ1) is 22.8. The van der Waals surface area contributed by atoms with Gasteiger partial charge in [0.05, 0.1) is 34.9 Å². The van der Waals surface area contributed by atoms with Gasteiger partial charge in [0.1, 0.15) is 0 Å². The zero-order valence-corrected chi connectivity index (χ0v) is 23.8. The molecule has 3 radical (unpaired) electrons. The van der Waals surface area contributed by atoms with Gasteiger partial charge in [-0.15, -0.1) is 0 Å². The van der Waals surface area contributed by atoms with Crippen molar-refractivity contribution in [3.05, 3.63) is 96.2 Å². The molecule has 0 spiro atoms. The lowest BCUT2D eigenvalue weighted by Crippen LogP contribution is -2.22. The van der Waals surface area contributed by atoms with Crippen LogP contribution in [0.25, 0.3) is 44.1 Å². The molecule has 1 aliphatic carbocycles. The second kappa shape index (κ2) is 8.89. The maximum atomic E-state index is 2.62. The van der Waals surface area contributed by atoms with E-state index in [4.69, 9.17) is 0 Å². The largest absolute Gasteiger partial charge is 0.313 e. The molecule has 0 saturated heterocycles. The highest BCUT2D eigenvalue weighted by Crippen LogP contribution is 2.42. The Labute approximate surface area is 223 Å². The highest BCUT2D eigenvalue weighted by molar-refractivity contribution is 6.70. The third-order valence-electron chi connectivity index (χ3n) is 8.19. The zero-order valence-electron chi connectivity index (χ0n) is 21.8. The van der Waals surface area contributed by atoms with E-state index in [0.717, 1.165) is 15.9 Å². The van der Waals surface area contributed by atoms with Crippen molar-refractivity contribution in [2.24, 2.45) is 0 Å². The summed E-state index contributed by atoms with van der Waals surface area (Å²) in [5, 5.41) is 7.05. The molecule has 181 valence electrons. The van der Waals surface area contributed by atoms with E-state index in [1.54, 1.807) is 5.56 Å². The highest BCUT2D eigenvalue weighted by Gasteiger charge is 2.25. The first-order valence-corrected chi connectivity index (χ1v) is 17.4. The van der Waals surface area contributed by atoms with Gasteiger partial charge in [-0.2, -0.15) is 0 Å². The molecular weight excluding hydrogens is 481 g/mol. The molecule has 2 aromatic heterocycles. The Morgan fingerprint density at radius 1 is 0.676 bits per heavy atom. The van der Waals surface area contributed by atoms with Gasteiger partial charge < -0.3 is 9.13 Å². The molecule has 0 amide bonds. The molecule has 0 aliphatic heterocycles. The summed E-state index contributed by atoms with van der Waals surface area (Å²) in [6.45, 7) is 6.99. The normalized spacial score (nSPS) is 13.7. The Balaban J connectivity index is 1.61. The van der Waals surface area contributed by atoms with Crippen LogP contribution in [0.3, 0.4) is 0 Å². The summed E-state index contributed by atoms with van der Waals surface area (Å²) in [4.78, 5) is 0. The molecular formula is C33H31N2Si2.